The number of esters is 2. The molecule has 2 aromatic carbocycles. The maximum Gasteiger partial charge on any atom is 0.338 e. The standard InChI is InChI=1S/C25H26N2O7S/c1-5-34-24(30)17-7-9-18(10-8-17)26-25-27(23(29)21(35-25)15-22(28)33-4)13-12-16-6-11-19(31-2)20(14-16)32-3/h6-11,14-15H,5,12-13H2,1-4H3. The minimum atomic E-state index is -0.624. The van der Waals surface area contributed by atoms with Crippen LogP contribution in [0.4, 0.5) is 5.69 Å². The maximum absolute atomic E-state index is 13.1. The van der Waals surface area contributed by atoms with Gasteiger partial charge in [-0.15, -0.1) is 0 Å². The molecule has 0 atom stereocenters. The molecule has 1 fully saturated rings. The number of carbonyl (C=O) groups is 3. The van der Waals surface area contributed by atoms with E-state index in [2.05, 4.69) is 9.73 Å². The first kappa shape index (κ1) is 25.8. The molecule has 1 aliphatic heterocycles. The highest BCUT2D eigenvalue weighted by Gasteiger charge is 2.34. The number of aliphatic imine (C=N–C) groups is 1. The molecule has 9 nitrogen and oxygen atoms in total. The number of ether oxygens (including phenoxy) is 4. The topological polar surface area (TPSA) is 104 Å². The summed E-state index contributed by atoms with van der Waals surface area (Å²) >= 11 is 1.08. The van der Waals surface area contributed by atoms with Crippen LogP contribution in [0.5, 0.6) is 11.5 Å². The Morgan fingerprint density at radius 1 is 1.03 bits per heavy atom. The second-order valence-electron chi connectivity index (χ2n) is 7.19. The van der Waals surface area contributed by atoms with Gasteiger partial charge >= 0.3 is 11.9 Å². The molecule has 0 aliphatic carbocycles. The Morgan fingerprint density at radius 3 is 2.37 bits per heavy atom. The van der Waals surface area contributed by atoms with Crippen molar-refractivity contribution in [3.63, 3.8) is 0 Å². The summed E-state index contributed by atoms with van der Waals surface area (Å²) in [6, 6.07) is 12.1. The van der Waals surface area contributed by atoms with Gasteiger partial charge in [-0.3, -0.25) is 9.69 Å². The molecule has 0 unspecified atom stereocenters. The van der Waals surface area contributed by atoms with Crippen LogP contribution in [-0.2, 0) is 25.5 Å². The normalized spacial score (nSPS) is 15.4. The molecule has 2 aromatic rings. The molecular weight excluding hydrogens is 472 g/mol. The van der Waals surface area contributed by atoms with Crippen LogP contribution in [0.2, 0.25) is 0 Å². The summed E-state index contributed by atoms with van der Waals surface area (Å²) in [4.78, 5) is 43.0. The fourth-order valence-corrected chi connectivity index (χ4v) is 4.21. The number of hydrogen-bond donors (Lipinski definition) is 0. The smallest absolute Gasteiger partial charge is 0.338 e. The molecule has 184 valence electrons. The van der Waals surface area contributed by atoms with Gasteiger partial charge in [-0.25, -0.2) is 14.6 Å². The van der Waals surface area contributed by atoms with E-state index in [-0.39, 0.29) is 17.4 Å². The zero-order valence-corrected chi connectivity index (χ0v) is 20.7. The monoisotopic (exact) mass is 498 g/mol. The first-order chi connectivity index (χ1) is 16.9. The maximum atomic E-state index is 13.1. The summed E-state index contributed by atoms with van der Waals surface area (Å²) in [6.45, 7) is 2.34. The Balaban J connectivity index is 1.86. The van der Waals surface area contributed by atoms with Crippen LogP contribution < -0.4 is 9.47 Å². The lowest BCUT2D eigenvalue weighted by molar-refractivity contribution is -0.135. The second-order valence-corrected chi connectivity index (χ2v) is 8.20. The van der Waals surface area contributed by atoms with E-state index in [1.54, 1.807) is 51.5 Å². The van der Waals surface area contributed by atoms with Crippen molar-refractivity contribution in [1.29, 1.82) is 0 Å². The molecule has 10 heteroatoms. The van der Waals surface area contributed by atoms with Crippen LogP contribution >= 0.6 is 11.8 Å². The molecule has 0 bridgehead atoms. The molecule has 35 heavy (non-hydrogen) atoms. The van der Waals surface area contributed by atoms with Crippen LogP contribution in [-0.4, -0.2) is 62.4 Å². The number of rotatable bonds is 9. The molecule has 1 heterocycles. The summed E-state index contributed by atoms with van der Waals surface area (Å²) in [5, 5.41) is 0.412. The average Bonchev–Trinajstić information content (AvgIpc) is 3.16. The van der Waals surface area contributed by atoms with Crippen LogP contribution in [0.3, 0.4) is 0 Å². The van der Waals surface area contributed by atoms with Crippen molar-refractivity contribution in [2.24, 2.45) is 4.99 Å². The van der Waals surface area contributed by atoms with Gasteiger partial charge in [0.05, 0.1) is 44.1 Å². The fourth-order valence-electron chi connectivity index (χ4n) is 3.23. The van der Waals surface area contributed by atoms with Gasteiger partial charge in [-0.1, -0.05) is 6.07 Å². The van der Waals surface area contributed by atoms with E-state index in [4.69, 9.17) is 14.2 Å². The van der Waals surface area contributed by atoms with Gasteiger partial charge in [-0.05, 0) is 67.1 Å². The molecule has 0 radical (unpaired) electrons. The third-order valence-electron chi connectivity index (χ3n) is 5.01. The van der Waals surface area contributed by atoms with E-state index >= 15 is 0 Å². The van der Waals surface area contributed by atoms with Crippen molar-refractivity contribution >= 4 is 40.5 Å². The van der Waals surface area contributed by atoms with E-state index in [0.717, 1.165) is 23.4 Å². The summed E-state index contributed by atoms with van der Waals surface area (Å²) in [5.41, 5.74) is 1.88. The third-order valence-corrected chi connectivity index (χ3v) is 6.02. The van der Waals surface area contributed by atoms with Crippen molar-refractivity contribution in [3.05, 3.63) is 64.6 Å². The Bertz CT molecular complexity index is 1160. The fraction of sp³-hybridized carbons (Fsp3) is 0.280. The van der Waals surface area contributed by atoms with Crippen molar-refractivity contribution in [2.75, 3.05) is 34.5 Å². The van der Waals surface area contributed by atoms with Gasteiger partial charge in [0, 0.05) is 12.6 Å². The van der Waals surface area contributed by atoms with Gasteiger partial charge in [0.25, 0.3) is 5.91 Å². The minimum Gasteiger partial charge on any atom is -0.493 e. The van der Waals surface area contributed by atoms with Crippen molar-refractivity contribution in [1.82, 2.24) is 4.90 Å². The lowest BCUT2D eigenvalue weighted by Crippen LogP contribution is -2.31. The van der Waals surface area contributed by atoms with E-state index < -0.39 is 11.9 Å². The van der Waals surface area contributed by atoms with Crippen LogP contribution in [0.15, 0.2) is 58.4 Å². The third kappa shape index (κ3) is 6.42. The Labute approximate surface area is 207 Å². The quantitative estimate of drug-likeness (QED) is 0.380. The first-order valence-corrected chi connectivity index (χ1v) is 11.6. The molecule has 0 saturated carbocycles. The molecule has 0 N–H and O–H groups in total. The summed E-state index contributed by atoms with van der Waals surface area (Å²) in [7, 11) is 4.37. The number of amidine groups is 1. The van der Waals surface area contributed by atoms with Crippen LogP contribution in [0.1, 0.15) is 22.8 Å². The average molecular weight is 499 g/mol. The molecule has 1 saturated heterocycles. The highest BCUT2D eigenvalue weighted by Crippen LogP contribution is 2.34. The van der Waals surface area contributed by atoms with Gasteiger partial charge in [0.2, 0.25) is 0 Å². The lowest BCUT2D eigenvalue weighted by atomic mass is 10.1. The van der Waals surface area contributed by atoms with Crippen LogP contribution in [0.25, 0.3) is 0 Å². The first-order valence-electron chi connectivity index (χ1n) is 10.8. The number of methoxy groups -OCH3 is 3. The van der Waals surface area contributed by atoms with Crippen molar-refractivity contribution in [3.8, 4) is 11.5 Å². The summed E-state index contributed by atoms with van der Waals surface area (Å²) in [6.07, 6.45) is 1.67. The molecular formula is C25H26N2O7S. The molecule has 1 amide bonds. The van der Waals surface area contributed by atoms with Crippen molar-refractivity contribution in [2.45, 2.75) is 13.3 Å². The molecule has 0 spiro atoms. The Morgan fingerprint density at radius 2 is 1.74 bits per heavy atom. The lowest BCUT2D eigenvalue weighted by Gasteiger charge is -2.16. The van der Waals surface area contributed by atoms with E-state index in [1.807, 2.05) is 12.1 Å². The second kappa shape index (κ2) is 12.1. The number of carbonyl (C=O) groups excluding carboxylic acids is 3. The molecule has 3 rings (SSSR count). The summed E-state index contributed by atoms with van der Waals surface area (Å²) < 4.78 is 20.3. The number of benzene rings is 2. The number of hydrogen-bond acceptors (Lipinski definition) is 9. The predicted octanol–water partition coefficient (Wildman–Crippen LogP) is 3.74. The van der Waals surface area contributed by atoms with Gasteiger partial charge < -0.3 is 18.9 Å². The number of nitrogens with zero attached hydrogens (tertiary/aromatic N) is 2. The van der Waals surface area contributed by atoms with Crippen LogP contribution in [0, 0.1) is 0 Å². The van der Waals surface area contributed by atoms with E-state index in [0.29, 0.717) is 40.9 Å². The highest BCUT2D eigenvalue weighted by molar-refractivity contribution is 8.18. The number of amides is 1. The van der Waals surface area contributed by atoms with E-state index in [1.165, 1.54) is 12.0 Å². The van der Waals surface area contributed by atoms with E-state index in [9.17, 15) is 14.4 Å². The Hall–Kier alpha value is -3.79. The zero-order valence-electron chi connectivity index (χ0n) is 19.9. The predicted molar refractivity (Wildman–Crippen MR) is 132 cm³/mol. The highest BCUT2D eigenvalue weighted by atomic mass is 32.2. The SMILES string of the molecule is CCOC(=O)c1ccc(N=C2SC(=CC(=O)OC)C(=O)N2CCc2ccc(OC)c(OC)c2)cc1. The summed E-state index contributed by atoms with van der Waals surface area (Å²) in [5.74, 6) is -0.185. The van der Waals surface area contributed by atoms with Gasteiger partial charge in [-0.2, -0.15) is 0 Å². The minimum absolute atomic E-state index is 0.214. The number of thioether (sulfide) groups is 1. The van der Waals surface area contributed by atoms with Crippen molar-refractivity contribution < 1.29 is 33.3 Å². The van der Waals surface area contributed by atoms with Gasteiger partial charge in [0.15, 0.2) is 16.7 Å². The molecule has 1 aliphatic rings. The largest absolute Gasteiger partial charge is 0.493 e. The van der Waals surface area contributed by atoms with Gasteiger partial charge in [0.1, 0.15) is 0 Å². The molecule has 0 aromatic heterocycles. The zero-order chi connectivity index (χ0) is 25.4. The Kier molecular flexibility index (Phi) is 8.91.